The monoisotopic (exact) mass is 220 g/mol. The summed E-state index contributed by atoms with van der Waals surface area (Å²) >= 11 is 0. The third kappa shape index (κ3) is 1.48. The van der Waals surface area contributed by atoms with Crippen molar-refractivity contribution in [2.75, 3.05) is 0 Å². The first-order valence-electron chi connectivity index (χ1n) is 7.60. The van der Waals surface area contributed by atoms with Crippen molar-refractivity contribution in [3.8, 4) is 0 Å². The quantitative estimate of drug-likeness (QED) is 0.545. The van der Waals surface area contributed by atoms with Gasteiger partial charge in [0.2, 0.25) is 0 Å². The average Bonchev–Trinajstić information content (AvgIpc) is 2.49. The topological polar surface area (TPSA) is 0 Å². The molecule has 0 aromatic carbocycles. The highest BCUT2D eigenvalue weighted by atomic mass is 14.6. The van der Waals surface area contributed by atoms with Gasteiger partial charge in [-0.2, -0.15) is 0 Å². The summed E-state index contributed by atoms with van der Waals surface area (Å²) in [7, 11) is 0. The van der Waals surface area contributed by atoms with Crippen molar-refractivity contribution < 1.29 is 0 Å². The number of hydrogen-bond acceptors (Lipinski definition) is 0. The van der Waals surface area contributed by atoms with Gasteiger partial charge in [-0.1, -0.05) is 40.0 Å². The van der Waals surface area contributed by atoms with Crippen LogP contribution >= 0.6 is 0 Å². The van der Waals surface area contributed by atoms with E-state index in [0.717, 1.165) is 29.6 Å². The molecule has 3 rings (SSSR count). The Bertz CT molecular complexity index is 265. The van der Waals surface area contributed by atoms with Gasteiger partial charge in [0.05, 0.1) is 0 Å². The fourth-order valence-corrected chi connectivity index (χ4v) is 5.64. The smallest absolute Gasteiger partial charge is 0.0292 e. The maximum absolute atomic E-state index is 2.60. The van der Waals surface area contributed by atoms with E-state index < -0.39 is 0 Å². The van der Waals surface area contributed by atoms with Gasteiger partial charge in [0.15, 0.2) is 0 Å². The zero-order valence-corrected chi connectivity index (χ0v) is 11.3. The summed E-state index contributed by atoms with van der Waals surface area (Å²) in [4.78, 5) is 0. The summed E-state index contributed by atoms with van der Waals surface area (Å²) in [5.74, 6) is 5.35. The van der Waals surface area contributed by atoms with E-state index in [9.17, 15) is 0 Å². The Morgan fingerprint density at radius 3 is 2.31 bits per heavy atom. The Morgan fingerprint density at radius 1 is 0.812 bits per heavy atom. The van der Waals surface area contributed by atoms with Crippen LogP contribution in [0.5, 0.6) is 0 Å². The minimum Gasteiger partial charge on any atom is -0.0625 e. The molecule has 0 saturated heterocycles. The number of hydrogen-bond donors (Lipinski definition) is 0. The molecule has 3 aliphatic rings. The molecule has 0 amide bonds. The van der Waals surface area contributed by atoms with Crippen LogP contribution in [0, 0.1) is 35.0 Å². The van der Waals surface area contributed by atoms with E-state index in [4.69, 9.17) is 0 Å². The molecule has 0 heteroatoms. The molecule has 3 saturated carbocycles. The van der Waals surface area contributed by atoms with Crippen LogP contribution in [0.15, 0.2) is 0 Å². The van der Waals surface area contributed by atoms with Gasteiger partial charge in [-0.15, -0.1) is 0 Å². The lowest BCUT2D eigenvalue weighted by atomic mass is 9.66. The van der Waals surface area contributed by atoms with Crippen LogP contribution in [0.1, 0.15) is 65.7 Å². The molecule has 92 valence electrons. The van der Waals surface area contributed by atoms with Crippen LogP contribution in [0.3, 0.4) is 0 Å². The highest BCUT2D eigenvalue weighted by Gasteiger charge is 2.55. The lowest BCUT2D eigenvalue weighted by Crippen LogP contribution is -2.31. The molecule has 0 spiro atoms. The minimum atomic E-state index is 0.657. The molecular formula is C16H28. The lowest BCUT2D eigenvalue weighted by Gasteiger charge is -2.39. The SMILES string of the molecule is CC1CCC2C3CCCCC3C(C)(C)C2C1. The van der Waals surface area contributed by atoms with Gasteiger partial charge in [0, 0.05) is 0 Å². The van der Waals surface area contributed by atoms with Crippen molar-refractivity contribution in [2.45, 2.75) is 65.7 Å². The van der Waals surface area contributed by atoms with E-state index >= 15 is 0 Å². The molecule has 0 aromatic heterocycles. The normalized spacial score (nSPS) is 50.8. The molecule has 0 aliphatic heterocycles. The van der Waals surface area contributed by atoms with Gasteiger partial charge >= 0.3 is 0 Å². The highest BCUT2D eigenvalue weighted by molar-refractivity contribution is 5.04. The first kappa shape index (κ1) is 11.1. The van der Waals surface area contributed by atoms with Crippen molar-refractivity contribution in [3.63, 3.8) is 0 Å². The first-order valence-corrected chi connectivity index (χ1v) is 7.60. The molecule has 0 aromatic rings. The average molecular weight is 220 g/mol. The second-order valence-corrected chi connectivity index (χ2v) is 7.56. The van der Waals surface area contributed by atoms with Gasteiger partial charge < -0.3 is 0 Å². The molecule has 16 heavy (non-hydrogen) atoms. The van der Waals surface area contributed by atoms with Crippen molar-refractivity contribution in [1.29, 1.82) is 0 Å². The minimum absolute atomic E-state index is 0.657. The number of rotatable bonds is 0. The van der Waals surface area contributed by atoms with E-state index in [2.05, 4.69) is 20.8 Å². The Balaban J connectivity index is 1.89. The lowest BCUT2D eigenvalue weighted by molar-refractivity contribution is 0.106. The maximum Gasteiger partial charge on any atom is -0.0292 e. The zero-order valence-electron chi connectivity index (χ0n) is 11.3. The van der Waals surface area contributed by atoms with E-state index in [1.54, 1.807) is 19.3 Å². The zero-order chi connectivity index (χ0) is 11.3. The molecule has 0 bridgehead atoms. The molecule has 3 aliphatic carbocycles. The number of fused-ring (bicyclic) bond motifs is 3. The van der Waals surface area contributed by atoms with Gasteiger partial charge in [-0.3, -0.25) is 0 Å². The van der Waals surface area contributed by atoms with Gasteiger partial charge in [-0.25, -0.2) is 0 Å². The maximum atomic E-state index is 2.60. The molecule has 0 radical (unpaired) electrons. The van der Waals surface area contributed by atoms with Crippen LogP contribution in [0.2, 0.25) is 0 Å². The predicted octanol–water partition coefficient (Wildman–Crippen LogP) is 4.89. The predicted molar refractivity (Wildman–Crippen MR) is 69.2 cm³/mol. The van der Waals surface area contributed by atoms with Crippen molar-refractivity contribution in [3.05, 3.63) is 0 Å². The van der Waals surface area contributed by atoms with Crippen LogP contribution in [0.25, 0.3) is 0 Å². The Kier molecular flexibility index (Phi) is 2.60. The fourth-order valence-electron chi connectivity index (χ4n) is 5.64. The van der Waals surface area contributed by atoms with Crippen LogP contribution in [-0.4, -0.2) is 0 Å². The standard InChI is InChI=1S/C16H28/c1-11-8-9-13-12-6-4-5-7-14(12)16(2,3)15(13)10-11/h11-15H,4-10H2,1-3H3. The third-order valence-corrected chi connectivity index (χ3v) is 6.45. The van der Waals surface area contributed by atoms with Crippen molar-refractivity contribution in [1.82, 2.24) is 0 Å². The summed E-state index contributed by atoms with van der Waals surface area (Å²) in [6, 6.07) is 0. The molecule has 0 N–H and O–H groups in total. The largest absolute Gasteiger partial charge is 0.0625 e. The van der Waals surface area contributed by atoms with Crippen LogP contribution in [0.4, 0.5) is 0 Å². The third-order valence-electron chi connectivity index (χ3n) is 6.45. The van der Waals surface area contributed by atoms with Crippen LogP contribution < -0.4 is 0 Å². The van der Waals surface area contributed by atoms with E-state index in [1.807, 2.05) is 0 Å². The molecule has 5 atom stereocenters. The van der Waals surface area contributed by atoms with Crippen LogP contribution in [-0.2, 0) is 0 Å². The van der Waals surface area contributed by atoms with Gasteiger partial charge in [0.1, 0.15) is 0 Å². The fraction of sp³-hybridized carbons (Fsp3) is 1.00. The summed E-state index contributed by atoms with van der Waals surface area (Å²) in [6.45, 7) is 7.67. The summed E-state index contributed by atoms with van der Waals surface area (Å²) < 4.78 is 0. The second-order valence-electron chi connectivity index (χ2n) is 7.56. The van der Waals surface area contributed by atoms with Crippen molar-refractivity contribution in [2.24, 2.45) is 35.0 Å². The van der Waals surface area contributed by atoms with E-state index in [0.29, 0.717) is 5.41 Å². The van der Waals surface area contributed by atoms with Gasteiger partial charge in [0.25, 0.3) is 0 Å². The van der Waals surface area contributed by atoms with E-state index in [1.165, 1.54) is 25.7 Å². The van der Waals surface area contributed by atoms with Crippen molar-refractivity contribution >= 4 is 0 Å². The molecule has 5 unspecified atom stereocenters. The Morgan fingerprint density at radius 2 is 1.50 bits per heavy atom. The molecule has 3 fully saturated rings. The highest BCUT2D eigenvalue weighted by Crippen LogP contribution is 2.63. The second kappa shape index (κ2) is 3.75. The molecule has 0 nitrogen and oxygen atoms in total. The van der Waals surface area contributed by atoms with Gasteiger partial charge in [-0.05, 0) is 60.7 Å². The first-order chi connectivity index (χ1) is 7.60. The summed E-state index contributed by atoms with van der Waals surface area (Å²) in [6.07, 6.45) is 10.7. The molecule has 0 heterocycles. The molecular weight excluding hydrogens is 192 g/mol. The Hall–Kier alpha value is 0. The summed E-state index contributed by atoms with van der Waals surface area (Å²) in [5.41, 5.74) is 0.657. The summed E-state index contributed by atoms with van der Waals surface area (Å²) in [5, 5.41) is 0. The van der Waals surface area contributed by atoms with E-state index in [-0.39, 0.29) is 0 Å². The Labute approximate surface area is 101 Å².